The molecule has 184 valence electrons. The van der Waals surface area contributed by atoms with Crippen LogP contribution in [-0.2, 0) is 18.3 Å². The van der Waals surface area contributed by atoms with Crippen LogP contribution in [0.4, 0.5) is 5.82 Å². The minimum atomic E-state index is -0.590. The van der Waals surface area contributed by atoms with Gasteiger partial charge in [0.2, 0.25) is 0 Å². The van der Waals surface area contributed by atoms with Crippen LogP contribution < -0.4 is 4.90 Å². The van der Waals surface area contributed by atoms with E-state index in [1.807, 2.05) is 18.2 Å². The van der Waals surface area contributed by atoms with E-state index < -0.39 is 5.41 Å². The monoisotopic (exact) mass is 476 g/mol. The Bertz CT molecular complexity index is 1400. The molecule has 3 aromatic carbocycles. The molecule has 1 aliphatic rings. The second-order valence-electron chi connectivity index (χ2n) is 11.6. The van der Waals surface area contributed by atoms with E-state index in [-0.39, 0.29) is 17.2 Å². The number of ketones is 1. The molecule has 0 spiro atoms. The number of fused-ring (bicyclic) bond motifs is 2. The second-order valence-corrected chi connectivity index (χ2v) is 11.6. The van der Waals surface area contributed by atoms with Crippen LogP contribution >= 0.6 is 0 Å². The molecular weight excluding hydrogens is 440 g/mol. The van der Waals surface area contributed by atoms with E-state index in [9.17, 15) is 4.79 Å². The predicted octanol–water partition coefficient (Wildman–Crippen LogP) is 7.42. The van der Waals surface area contributed by atoms with E-state index in [0.29, 0.717) is 19.4 Å². The number of Topliss-reactive ketones (excluding diaryl/α,β-unsaturated/α-hetero) is 1. The quantitative estimate of drug-likeness (QED) is 0.301. The largest absolute Gasteiger partial charge is 0.353 e. The van der Waals surface area contributed by atoms with Gasteiger partial charge in [-0.05, 0) is 60.7 Å². The van der Waals surface area contributed by atoms with Gasteiger partial charge in [-0.25, -0.2) is 4.98 Å². The van der Waals surface area contributed by atoms with Crippen LogP contribution in [0.5, 0.6) is 0 Å². The highest BCUT2D eigenvalue weighted by atomic mass is 16.1. The summed E-state index contributed by atoms with van der Waals surface area (Å²) in [6, 6.07) is 29.7. The SMILES string of the molecule is CC(C)N1CC(Cc2ccccc2)(Cc2cccc3ccccc23)C(=O)c2ccc(C(C)(C)C)nc21. The van der Waals surface area contributed by atoms with Crippen molar-refractivity contribution >= 4 is 22.4 Å². The molecule has 1 unspecified atom stereocenters. The van der Waals surface area contributed by atoms with Gasteiger partial charge in [-0.1, -0.05) is 93.6 Å². The van der Waals surface area contributed by atoms with Crippen molar-refractivity contribution in [2.24, 2.45) is 5.41 Å². The molecule has 1 aromatic heterocycles. The van der Waals surface area contributed by atoms with Crippen molar-refractivity contribution in [2.75, 3.05) is 11.4 Å². The van der Waals surface area contributed by atoms with Gasteiger partial charge in [0.1, 0.15) is 5.82 Å². The van der Waals surface area contributed by atoms with E-state index >= 15 is 0 Å². The minimum absolute atomic E-state index is 0.0811. The van der Waals surface area contributed by atoms with Crippen LogP contribution in [0.3, 0.4) is 0 Å². The van der Waals surface area contributed by atoms with Gasteiger partial charge in [0.25, 0.3) is 0 Å². The summed E-state index contributed by atoms with van der Waals surface area (Å²) in [5.74, 6) is 1.04. The number of pyridine rings is 1. The number of nitrogens with zero attached hydrogens (tertiary/aromatic N) is 2. The van der Waals surface area contributed by atoms with Crippen LogP contribution in [0.1, 0.15) is 61.8 Å². The summed E-state index contributed by atoms with van der Waals surface area (Å²) in [6.07, 6.45) is 1.38. The van der Waals surface area contributed by atoms with Crippen LogP contribution in [0.25, 0.3) is 10.8 Å². The van der Waals surface area contributed by atoms with Gasteiger partial charge in [-0.3, -0.25) is 4.79 Å². The van der Waals surface area contributed by atoms with Gasteiger partial charge in [0.05, 0.1) is 11.0 Å². The van der Waals surface area contributed by atoms with Crippen LogP contribution in [0.15, 0.2) is 84.9 Å². The summed E-state index contributed by atoms with van der Waals surface area (Å²) < 4.78 is 0. The Morgan fingerprint density at radius 3 is 2.28 bits per heavy atom. The molecule has 0 bridgehead atoms. The highest BCUT2D eigenvalue weighted by molar-refractivity contribution is 6.07. The Kier molecular flexibility index (Phi) is 6.20. The van der Waals surface area contributed by atoms with Gasteiger partial charge in [-0.15, -0.1) is 0 Å². The average molecular weight is 477 g/mol. The van der Waals surface area contributed by atoms with E-state index in [2.05, 4.69) is 106 Å². The molecule has 0 amide bonds. The standard InChI is InChI=1S/C33H36N2O/c1-23(2)35-22-33(20-24-12-7-6-8-13-24,21-26-16-11-15-25-14-9-10-17-27(25)26)30(36)28-18-19-29(32(3,4)5)34-31(28)35/h6-19,23H,20-22H2,1-5H3. The number of carbonyl (C=O) groups is 1. The molecule has 0 saturated heterocycles. The van der Waals surface area contributed by atoms with Crippen molar-refractivity contribution in [3.8, 4) is 0 Å². The Morgan fingerprint density at radius 2 is 1.56 bits per heavy atom. The summed E-state index contributed by atoms with van der Waals surface area (Å²) in [6.45, 7) is 11.6. The van der Waals surface area contributed by atoms with Gasteiger partial charge in [0.15, 0.2) is 5.78 Å². The van der Waals surface area contributed by atoms with Crippen molar-refractivity contribution < 1.29 is 4.79 Å². The fraction of sp³-hybridized carbons (Fsp3) is 0.333. The van der Waals surface area contributed by atoms with E-state index in [1.165, 1.54) is 21.9 Å². The molecule has 0 aliphatic carbocycles. The Balaban J connectivity index is 1.68. The van der Waals surface area contributed by atoms with Crippen LogP contribution in [-0.4, -0.2) is 23.4 Å². The third-order valence-electron chi connectivity index (χ3n) is 7.53. The van der Waals surface area contributed by atoms with Crippen LogP contribution in [0.2, 0.25) is 0 Å². The van der Waals surface area contributed by atoms with Gasteiger partial charge < -0.3 is 4.90 Å². The van der Waals surface area contributed by atoms with Crippen molar-refractivity contribution in [2.45, 2.75) is 58.9 Å². The number of benzene rings is 3. The molecule has 1 atom stereocenters. The number of hydrogen-bond donors (Lipinski definition) is 0. The maximum absolute atomic E-state index is 14.5. The number of anilines is 1. The van der Waals surface area contributed by atoms with Crippen molar-refractivity contribution in [3.63, 3.8) is 0 Å². The number of rotatable bonds is 5. The highest BCUT2D eigenvalue weighted by Gasteiger charge is 2.47. The van der Waals surface area contributed by atoms with E-state index in [4.69, 9.17) is 4.98 Å². The zero-order valence-corrected chi connectivity index (χ0v) is 22.1. The molecule has 4 aromatic rings. The zero-order valence-electron chi connectivity index (χ0n) is 22.1. The summed E-state index contributed by atoms with van der Waals surface area (Å²) in [4.78, 5) is 22.0. The molecule has 3 heteroatoms. The summed E-state index contributed by atoms with van der Waals surface area (Å²) in [5, 5.41) is 2.44. The molecule has 1 aliphatic heterocycles. The molecule has 0 radical (unpaired) electrons. The molecule has 0 saturated carbocycles. The van der Waals surface area contributed by atoms with Crippen molar-refractivity contribution in [3.05, 3.63) is 107 Å². The first kappa shape index (κ1) is 24.2. The Hall–Kier alpha value is -3.46. The number of hydrogen-bond acceptors (Lipinski definition) is 3. The molecule has 0 N–H and O–H groups in total. The summed E-state index contributed by atoms with van der Waals surface area (Å²) in [5.41, 5.74) is 3.51. The Morgan fingerprint density at radius 1 is 0.861 bits per heavy atom. The maximum Gasteiger partial charge on any atom is 0.175 e. The summed E-state index contributed by atoms with van der Waals surface area (Å²) in [7, 11) is 0. The summed E-state index contributed by atoms with van der Waals surface area (Å²) >= 11 is 0. The fourth-order valence-electron chi connectivity index (χ4n) is 5.58. The van der Waals surface area contributed by atoms with Gasteiger partial charge >= 0.3 is 0 Å². The predicted molar refractivity (Wildman–Crippen MR) is 150 cm³/mol. The van der Waals surface area contributed by atoms with Crippen molar-refractivity contribution in [1.82, 2.24) is 4.98 Å². The third-order valence-corrected chi connectivity index (χ3v) is 7.53. The third kappa shape index (κ3) is 4.43. The van der Waals surface area contributed by atoms with Gasteiger partial charge in [0, 0.05) is 23.7 Å². The van der Waals surface area contributed by atoms with Gasteiger partial charge in [-0.2, -0.15) is 0 Å². The zero-order chi connectivity index (χ0) is 25.5. The fourth-order valence-corrected chi connectivity index (χ4v) is 5.58. The average Bonchev–Trinajstić information content (AvgIpc) is 2.86. The first-order chi connectivity index (χ1) is 17.2. The molecule has 0 fully saturated rings. The van der Waals surface area contributed by atoms with E-state index in [1.54, 1.807) is 0 Å². The lowest BCUT2D eigenvalue weighted by atomic mass is 9.68. The lowest BCUT2D eigenvalue weighted by Gasteiger charge is -2.45. The molecule has 36 heavy (non-hydrogen) atoms. The normalized spacial score (nSPS) is 18.1. The first-order valence-corrected chi connectivity index (χ1v) is 13.0. The number of carbonyl (C=O) groups excluding carboxylic acids is 1. The molecule has 3 nitrogen and oxygen atoms in total. The first-order valence-electron chi connectivity index (χ1n) is 13.0. The molecule has 2 heterocycles. The molecule has 5 rings (SSSR count). The molecular formula is C33H36N2O. The highest BCUT2D eigenvalue weighted by Crippen LogP contribution is 2.43. The van der Waals surface area contributed by atoms with Crippen LogP contribution in [0, 0.1) is 5.41 Å². The Labute approximate surface area is 215 Å². The minimum Gasteiger partial charge on any atom is -0.353 e. The number of aromatic nitrogens is 1. The lowest BCUT2D eigenvalue weighted by Crippen LogP contribution is -2.53. The van der Waals surface area contributed by atoms with E-state index in [0.717, 1.165) is 17.1 Å². The smallest absolute Gasteiger partial charge is 0.175 e. The van der Waals surface area contributed by atoms with Crippen molar-refractivity contribution in [1.29, 1.82) is 0 Å². The topological polar surface area (TPSA) is 33.2 Å². The second kappa shape index (κ2) is 9.20. The maximum atomic E-state index is 14.5. The lowest BCUT2D eigenvalue weighted by molar-refractivity contribution is 0.0779.